The molecule has 1 fully saturated rings. The van der Waals surface area contributed by atoms with Gasteiger partial charge in [-0.1, -0.05) is 41.9 Å². The average molecular weight is 355 g/mol. The summed E-state index contributed by atoms with van der Waals surface area (Å²) in [5.74, 6) is 0.597. The highest BCUT2D eigenvalue weighted by Crippen LogP contribution is 2.31. The van der Waals surface area contributed by atoms with E-state index in [4.69, 9.17) is 4.52 Å². The summed E-state index contributed by atoms with van der Waals surface area (Å²) in [5.41, 5.74) is 2.44. The zero-order chi connectivity index (χ0) is 18.5. The van der Waals surface area contributed by atoms with Gasteiger partial charge in [0.25, 0.3) is 5.91 Å². The predicted octanol–water partition coefficient (Wildman–Crippen LogP) is 3.06. The number of carbonyl (C=O) groups is 2. The maximum atomic E-state index is 12.3. The van der Waals surface area contributed by atoms with E-state index in [-0.39, 0.29) is 23.4 Å². The minimum Gasteiger partial charge on any atom is -0.359 e. The molecule has 26 heavy (non-hydrogen) atoms. The van der Waals surface area contributed by atoms with Gasteiger partial charge in [-0.25, -0.2) is 0 Å². The molecule has 1 aliphatic carbocycles. The van der Waals surface area contributed by atoms with Crippen LogP contribution in [-0.2, 0) is 17.9 Å². The third-order valence-corrected chi connectivity index (χ3v) is 4.44. The molecule has 1 aromatic heterocycles. The number of hydrogen-bond acceptors (Lipinski definition) is 4. The third-order valence-electron chi connectivity index (χ3n) is 4.44. The van der Waals surface area contributed by atoms with E-state index in [2.05, 4.69) is 10.5 Å². The van der Waals surface area contributed by atoms with Gasteiger partial charge in [0.05, 0.1) is 6.54 Å². The molecule has 6 nitrogen and oxygen atoms in total. The molecule has 0 atom stereocenters. The summed E-state index contributed by atoms with van der Waals surface area (Å²) in [4.78, 5) is 26.4. The lowest BCUT2D eigenvalue weighted by Crippen LogP contribution is -2.32. The zero-order valence-corrected chi connectivity index (χ0v) is 15.3. The molecule has 0 saturated heterocycles. The number of aryl methyl sites for hydroxylation is 1. The van der Waals surface area contributed by atoms with Gasteiger partial charge < -0.3 is 14.7 Å². The molecule has 1 aliphatic rings. The van der Waals surface area contributed by atoms with E-state index in [0.717, 1.165) is 24.8 Å². The van der Waals surface area contributed by atoms with Gasteiger partial charge in [-0.2, -0.15) is 0 Å². The second-order valence-electron chi connectivity index (χ2n) is 6.88. The summed E-state index contributed by atoms with van der Waals surface area (Å²) in [5, 5.41) is 6.69. The third kappa shape index (κ3) is 4.71. The van der Waals surface area contributed by atoms with Crippen molar-refractivity contribution in [3.05, 3.63) is 52.9 Å². The summed E-state index contributed by atoms with van der Waals surface area (Å²) in [6, 6.07) is 9.60. The molecule has 0 bridgehead atoms. The van der Waals surface area contributed by atoms with Crippen molar-refractivity contribution in [2.45, 2.75) is 46.2 Å². The van der Waals surface area contributed by atoms with E-state index in [9.17, 15) is 9.59 Å². The van der Waals surface area contributed by atoms with Gasteiger partial charge in [0, 0.05) is 25.1 Å². The summed E-state index contributed by atoms with van der Waals surface area (Å²) in [6.45, 7) is 5.54. The minimum atomic E-state index is -0.281. The van der Waals surface area contributed by atoms with E-state index in [0.29, 0.717) is 25.4 Å². The Hall–Kier alpha value is -2.63. The number of aromatic nitrogens is 1. The first-order valence-electron chi connectivity index (χ1n) is 9.15. The summed E-state index contributed by atoms with van der Waals surface area (Å²) in [7, 11) is 0. The van der Waals surface area contributed by atoms with Gasteiger partial charge in [-0.05, 0) is 31.7 Å². The molecule has 0 radical (unpaired) electrons. The van der Waals surface area contributed by atoms with Crippen LogP contribution in [0.1, 0.15) is 53.6 Å². The normalized spacial score (nSPS) is 13.5. The Bertz CT molecular complexity index is 763. The minimum absolute atomic E-state index is 0.168. The van der Waals surface area contributed by atoms with Crippen LogP contribution in [0.2, 0.25) is 0 Å². The SMILES string of the molecule is CCCN(Cc1cc(C(=O)NCc2ccc(C)cc2)no1)C(=O)C1CC1. The molecule has 1 heterocycles. The van der Waals surface area contributed by atoms with Gasteiger partial charge in [0.15, 0.2) is 11.5 Å². The van der Waals surface area contributed by atoms with Gasteiger partial charge in [-0.15, -0.1) is 0 Å². The van der Waals surface area contributed by atoms with E-state index in [1.165, 1.54) is 5.56 Å². The van der Waals surface area contributed by atoms with Crippen LogP contribution in [0.15, 0.2) is 34.9 Å². The maximum absolute atomic E-state index is 12.3. The highest BCUT2D eigenvalue weighted by atomic mass is 16.5. The Morgan fingerprint density at radius 1 is 1.27 bits per heavy atom. The van der Waals surface area contributed by atoms with Crippen LogP contribution in [0.25, 0.3) is 0 Å². The number of benzene rings is 1. The molecule has 6 heteroatoms. The topological polar surface area (TPSA) is 75.4 Å². The Balaban J connectivity index is 1.56. The van der Waals surface area contributed by atoms with Crippen molar-refractivity contribution in [1.29, 1.82) is 0 Å². The van der Waals surface area contributed by atoms with Gasteiger partial charge >= 0.3 is 0 Å². The first-order chi connectivity index (χ1) is 12.6. The number of amides is 2. The fourth-order valence-electron chi connectivity index (χ4n) is 2.79. The van der Waals surface area contributed by atoms with E-state index >= 15 is 0 Å². The van der Waals surface area contributed by atoms with Crippen LogP contribution in [0, 0.1) is 12.8 Å². The van der Waals surface area contributed by atoms with Crippen molar-refractivity contribution in [1.82, 2.24) is 15.4 Å². The van der Waals surface area contributed by atoms with Crippen molar-refractivity contribution in [3.8, 4) is 0 Å². The number of nitrogens with zero attached hydrogens (tertiary/aromatic N) is 2. The number of hydrogen-bond donors (Lipinski definition) is 1. The molecule has 1 aromatic carbocycles. The van der Waals surface area contributed by atoms with E-state index in [1.54, 1.807) is 11.0 Å². The molecule has 0 aliphatic heterocycles. The van der Waals surface area contributed by atoms with Crippen molar-refractivity contribution in [2.75, 3.05) is 6.54 Å². The molecule has 0 unspecified atom stereocenters. The Labute approximate surface area is 153 Å². The van der Waals surface area contributed by atoms with Gasteiger partial charge in [0.2, 0.25) is 5.91 Å². The monoisotopic (exact) mass is 355 g/mol. The first-order valence-corrected chi connectivity index (χ1v) is 9.15. The van der Waals surface area contributed by atoms with Crippen LogP contribution in [-0.4, -0.2) is 28.4 Å². The summed E-state index contributed by atoms with van der Waals surface area (Å²) < 4.78 is 5.28. The molecule has 2 amide bonds. The summed E-state index contributed by atoms with van der Waals surface area (Å²) in [6.07, 6.45) is 2.83. The average Bonchev–Trinajstić information content (AvgIpc) is 3.39. The van der Waals surface area contributed by atoms with E-state index < -0.39 is 0 Å². The van der Waals surface area contributed by atoms with Crippen LogP contribution >= 0.6 is 0 Å². The second kappa shape index (κ2) is 8.17. The molecular weight excluding hydrogens is 330 g/mol. The van der Waals surface area contributed by atoms with Crippen LogP contribution in [0.3, 0.4) is 0 Å². The molecule has 1 N–H and O–H groups in total. The Morgan fingerprint density at radius 2 is 2.00 bits per heavy atom. The van der Waals surface area contributed by atoms with Crippen LogP contribution in [0.5, 0.6) is 0 Å². The fraction of sp³-hybridized carbons (Fsp3) is 0.450. The lowest BCUT2D eigenvalue weighted by molar-refractivity contribution is -0.133. The van der Waals surface area contributed by atoms with E-state index in [1.807, 2.05) is 38.1 Å². The second-order valence-corrected chi connectivity index (χ2v) is 6.88. The molecular formula is C20H25N3O3. The highest BCUT2D eigenvalue weighted by Gasteiger charge is 2.33. The molecule has 138 valence electrons. The Kier molecular flexibility index (Phi) is 5.71. The van der Waals surface area contributed by atoms with Crippen molar-refractivity contribution < 1.29 is 14.1 Å². The molecule has 3 rings (SSSR count). The summed E-state index contributed by atoms with van der Waals surface area (Å²) >= 11 is 0. The highest BCUT2D eigenvalue weighted by molar-refractivity contribution is 5.92. The molecule has 2 aromatic rings. The predicted molar refractivity (Wildman–Crippen MR) is 97.3 cm³/mol. The van der Waals surface area contributed by atoms with Crippen molar-refractivity contribution >= 4 is 11.8 Å². The Morgan fingerprint density at radius 3 is 2.65 bits per heavy atom. The number of carbonyl (C=O) groups excluding carboxylic acids is 2. The lowest BCUT2D eigenvalue weighted by atomic mass is 10.1. The van der Waals surface area contributed by atoms with Gasteiger partial charge in [-0.3, -0.25) is 9.59 Å². The largest absolute Gasteiger partial charge is 0.359 e. The first kappa shape index (κ1) is 18.2. The fourth-order valence-corrected chi connectivity index (χ4v) is 2.79. The number of nitrogens with one attached hydrogen (secondary N) is 1. The molecule has 1 saturated carbocycles. The maximum Gasteiger partial charge on any atom is 0.273 e. The van der Waals surface area contributed by atoms with Crippen LogP contribution in [0.4, 0.5) is 0 Å². The quantitative estimate of drug-likeness (QED) is 0.790. The number of rotatable bonds is 8. The van der Waals surface area contributed by atoms with Gasteiger partial charge in [0.1, 0.15) is 0 Å². The van der Waals surface area contributed by atoms with Crippen molar-refractivity contribution in [3.63, 3.8) is 0 Å². The zero-order valence-electron chi connectivity index (χ0n) is 15.3. The smallest absolute Gasteiger partial charge is 0.273 e. The van der Waals surface area contributed by atoms with Crippen LogP contribution < -0.4 is 5.32 Å². The molecule has 0 spiro atoms. The lowest BCUT2D eigenvalue weighted by Gasteiger charge is -2.20. The standard InChI is InChI=1S/C20H25N3O3/c1-3-10-23(20(25)16-8-9-16)13-17-11-18(22-26-17)19(24)21-12-15-6-4-14(2)5-7-15/h4-7,11,16H,3,8-10,12-13H2,1-2H3,(H,21,24). The van der Waals surface area contributed by atoms with Crippen molar-refractivity contribution in [2.24, 2.45) is 5.92 Å².